The molecule has 0 saturated carbocycles. The van der Waals surface area contributed by atoms with Crippen molar-refractivity contribution in [2.24, 2.45) is 5.92 Å². The quantitative estimate of drug-likeness (QED) is 0.424. The number of piperazine rings is 1. The molecule has 11 nitrogen and oxygen atoms in total. The highest BCUT2D eigenvalue weighted by atomic mass is 32.1. The summed E-state index contributed by atoms with van der Waals surface area (Å²) in [5, 5.41) is 16.2. The molecule has 0 spiro atoms. The Bertz CT molecular complexity index is 1230. The summed E-state index contributed by atoms with van der Waals surface area (Å²) < 4.78 is 10.6. The molecule has 3 aliphatic rings. The third-order valence-corrected chi connectivity index (χ3v) is 8.84. The van der Waals surface area contributed by atoms with Crippen LogP contribution in [0.1, 0.15) is 30.6 Å². The van der Waals surface area contributed by atoms with E-state index in [9.17, 15) is 19.5 Å². The Morgan fingerprint density at radius 2 is 1.93 bits per heavy atom. The van der Waals surface area contributed by atoms with Crippen LogP contribution in [0.4, 0.5) is 5.13 Å². The molecule has 2 N–H and O–H groups in total. The van der Waals surface area contributed by atoms with Crippen molar-refractivity contribution in [2.75, 3.05) is 64.5 Å². The van der Waals surface area contributed by atoms with E-state index >= 15 is 0 Å². The summed E-state index contributed by atoms with van der Waals surface area (Å²) in [4.78, 5) is 50.0. The summed E-state index contributed by atoms with van der Waals surface area (Å²) in [7, 11) is 1.73. The molecule has 4 atom stereocenters. The highest BCUT2D eigenvalue weighted by molar-refractivity contribution is 7.14. The summed E-state index contributed by atoms with van der Waals surface area (Å²) in [6, 6.07) is 5.58. The summed E-state index contributed by atoms with van der Waals surface area (Å²) in [6.45, 7) is 9.31. The molecule has 3 saturated heterocycles. The second-order valence-electron chi connectivity index (χ2n) is 11.3. The van der Waals surface area contributed by atoms with E-state index in [0.717, 1.165) is 55.7 Å². The molecule has 2 aromatic rings. The third kappa shape index (κ3) is 6.62. The number of Topliss-reactive ketones (excluding diaryl/α,β-unsaturated/α-hetero) is 1. The lowest BCUT2D eigenvalue weighted by Crippen LogP contribution is -2.52. The van der Waals surface area contributed by atoms with Crippen molar-refractivity contribution in [3.8, 4) is 11.3 Å². The van der Waals surface area contributed by atoms with Crippen LogP contribution in [0, 0.1) is 5.92 Å². The number of nitrogens with one attached hydrogen (secondary N) is 1. The maximum absolute atomic E-state index is 13.5. The van der Waals surface area contributed by atoms with Gasteiger partial charge in [0.25, 0.3) is 5.91 Å². The lowest BCUT2D eigenvalue weighted by Gasteiger charge is -2.34. The second kappa shape index (κ2) is 13.0. The molecule has 0 aliphatic carbocycles. The fraction of sp³-hybridized carbons (Fsp3) is 0.586. The molecule has 1 aromatic heterocycles. The topological polar surface area (TPSA) is 125 Å². The molecule has 0 unspecified atom stereocenters. The van der Waals surface area contributed by atoms with E-state index in [0.29, 0.717) is 12.0 Å². The van der Waals surface area contributed by atoms with Crippen LogP contribution in [0.5, 0.6) is 0 Å². The maximum Gasteiger partial charge on any atom is 0.251 e. The Morgan fingerprint density at radius 1 is 1.20 bits per heavy atom. The standard InChI is InChI=1S/C29H39N5O6S/c1-18(2)14-21(28(38)34-15-23(35)26-25(34)24(36)16-40-26)30-27(37)20-6-4-19(5-7-20)22-17-41-29(31-22)33-10-8-32(9-11-33)12-13-39-3/h4-7,17-18,21,23,25-26,35H,8-16H2,1-3H3,(H,30,37)/t21-,23-,25+,26-/m0/s1. The number of amides is 2. The van der Waals surface area contributed by atoms with Crippen molar-refractivity contribution >= 4 is 34.1 Å². The lowest BCUT2D eigenvalue weighted by molar-refractivity contribution is -0.138. The van der Waals surface area contributed by atoms with Crippen LogP contribution in [-0.4, -0.2) is 121 Å². The minimum atomic E-state index is -0.921. The Labute approximate surface area is 244 Å². The molecule has 2 amide bonds. The molecular formula is C29H39N5O6S. The van der Waals surface area contributed by atoms with Crippen molar-refractivity contribution in [1.29, 1.82) is 0 Å². The first-order chi connectivity index (χ1) is 19.7. The minimum absolute atomic E-state index is 0.0121. The molecule has 0 radical (unpaired) electrons. The predicted octanol–water partition coefficient (Wildman–Crippen LogP) is 1.26. The van der Waals surface area contributed by atoms with Crippen LogP contribution in [0.2, 0.25) is 0 Å². The SMILES string of the molecule is COCCN1CCN(c2nc(-c3ccc(C(=O)N[C@@H](CC(C)C)C(=O)N4C[C@H](O)[C@@H]5OCC(=O)[C@H]54)cc3)cs2)CC1. The molecule has 5 rings (SSSR count). The Hall–Kier alpha value is -2.90. The number of aromatic nitrogens is 1. The zero-order valence-electron chi connectivity index (χ0n) is 23.8. The zero-order valence-corrected chi connectivity index (χ0v) is 24.6. The molecule has 3 aliphatic heterocycles. The number of nitrogens with zero attached hydrogens (tertiary/aromatic N) is 4. The molecule has 0 bridgehead atoms. The molecule has 3 fully saturated rings. The van der Waals surface area contributed by atoms with Gasteiger partial charge in [-0.05, 0) is 24.5 Å². The van der Waals surface area contributed by atoms with Gasteiger partial charge in [0.2, 0.25) is 5.91 Å². The van der Waals surface area contributed by atoms with Crippen LogP contribution < -0.4 is 10.2 Å². The number of β-amino-alcohol motifs (C(OH)–C–C–N with tert-alkyl or cyclic N) is 1. The first kappa shape index (κ1) is 29.6. The highest BCUT2D eigenvalue weighted by Crippen LogP contribution is 2.30. The highest BCUT2D eigenvalue weighted by Gasteiger charge is 2.52. The van der Waals surface area contributed by atoms with E-state index in [-0.39, 0.29) is 36.7 Å². The number of anilines is 1. The van der Waals surface area contributed by atoms with Gasteiger partial charge in [0.05, 0.1) is 18.8 Å². The number of benzene rings is 1. The number of carbonyl (C=O) groups is 3. The minimum Gasteiger partial charge on any atom is -0.388 e. The third-order valence-electron chi connectivity index (χ3n) is 7.94. The van der Waals surface area contributed by atoms with Crippen LogP contribution >= 0.6 is 11.3 Å². The van der Waals surface area contributed by atoms with Crippen molar-refractivity contribution in [2.45, 2.75) is 44.6 Å². The van der Waals surface area contributed by atoms with Crippen molar-refractivity contribution < 1.29 is 29.0 Å². The normalized spacial score (nSPS) is 23.7. The first-order valence-electron chi connectivity index (χ1n) is 14.2. The van der Waals surface area contributed by atoms with Gasteiger partial charge < -0.3 is 29.7 Å². The number of likely N-dealkylation sites (tertiary alicyclic amines) is 1. The number of carbonyl (C=O) groups excluding carboxylic acids is 3. The van der Waals surface area contributed by atoms with Gasteiger partial charge in [-0.2, -0.15) is 0 Å². The molecule has 4 heterocycles. The van der Waals surface area contributed by atoms with Gasteiger partial charge >= 0.3 is 0 Å². The number of hydrogen-bond donors (Lipinski definition) is 2. The smallest absolute Gasteiger partial charge is 0.251 e. The van der Waals surface area contributed by atoms with Crippen molar-refractivity contribution in [3.63, 3.8) is 0 Å². The first-order valence-corrected chi connectivity index (χ1v) is 15.1. The number of methoxy groups -OCH3 is 1. The molecule has 41 heavy (non-hydrogen) atoms. The van der Waals surface area contributed by atoms with E-state index in [2.05, 4.69) is 15.1 Å². The number of ketones is 1. The number of rotatable bonds is 10. The van der Waals surface area contributed by atoms with E-state index in [1.807, 2.05) is 31.4 Å². The number of ether oxygens (including phenoxy) is 2. The molecular weight excluding hydrogens is 546 g/mol. The average molecular weight is 586 g/mol. The summed E-state index contributed by atoms with van der Waals surface area (Å²) in [6.07, 6.45) is -1.22. The average Bonchev–Trinajstić information content (AvgIpc) is 3.69. The number of aliphatic hydroxyl groups excluding tert-OH is 1. The Morgan fingerprint density at radius 3 is 2.61 bits per heavy atom. The Kier molecular flexibility index (Phi) is 9.35. The van der Waals surface area contributed by atoms with Gasteiger partial charge in [0.1, 0.15) is 30.9 Å². The van der Waals surface area contributed by atoms with Crippen LogP contribution in [-0.2, 0) is 19.1 Å². The Balaban J connectivity index is 1.21. The van der Waals surface area contributed by atoms with Gasteiger partial charge in [-0.15, -0.1) is 11.3 Å². The van der Waals surface area contributed by atoms with Crippen LogP contribution in [0.3, 0.4) is 0 Å². The second-order valence-corrected chi connectivity index (χ2v) is 12.2. The van der Waals surface area contributed by atoms with E-state index in [1.54, 1.807) is 30.6 Å². The van der Waals surface area contributed by atoms with Gasteiger partial charge in [0, 0.05) is 56.3 Å². The molecule has 222 valence electrons. The van der Waals surface area contributed by atoms with E-state index in [1.165, 1.54) is 4.90 Å². The number of thiazole rings is 1. The largest absolute Gasteiger partial charge is 0.388 e. The fourth-order valence-corrected chi connectivity index (χ4v) is 6.60. The number of fused-ring (bicyclic) bond motifs is 1. The van der Waals surface area contributed by atoms with E-state index < -0.39 is 24.3 Å². The number of aliphatic hydroxyl groups is 1. The molecule has 12 heteroatoms. The van der Waals surface area contributed by atoms with Crippen molar-refractivity contribution in [1.82, 2.24) is 20.1 Å². The summed E-state index contributed by atoms with van der Waals surface area (Å²) in [5.41, 5.74) is 2.20. The van der Waals surface area contributed by atoms with Crippen LogP contribution in [0.25, 0.3) is 11.3 Å². The summed E-state index contributed by atoms with van der Waals surface area (Å²) in [5.74, 6) is -0.841. The zero-order chi connectivity index (χ0) is 29.1. The van der Waals surface area contributed by atoms with Gasteiger partial charge in [-0.3, -0.25) is 19.3 Å². The number of hydrogen-bond acceptors (Lipinski definition) is 10. The van der Waals surface area contributed by atoms with Crippen LogP contribution in [0.15, 0.2) is 29.6 Å². The van der Waals surface area contributed by atoms with Gasteiger partial charge in [-0.1, -0.05) is 26.0 Å². The lowest BCUT2D eigenvalue weighted by atomic mass is 10.0. The van der Waals surface area contributed by atoms with Crippen molar-refractivity contribution in [3.05, 3.63) is 35.2 Å². The summed E-state index contributed by atoms with van der Waals surface area (Å²) >= 11 is 1.62. The molecule has 1 aromatic carbocycles. The maximum atomic E-state index is 13.5. The van der Waals surface area contributed by atoms with E-state index in [4.69, 9.17) is 14.5 Å². The predicted molar refractivity (Wildman–Crippen MR) is 155 cm³/mol. The van der Waals surface area contributed by atoms with Gasteiger partial charge in [-0.25, -0.2) is 4.98 Å². The monoisotopic (exact) mass is 585 g/mol. The fourth-order valence-electron chi connectivity index (χ4n) is 5.71. The van der Waals surface area contributed by atoms with Gasteiger partial charge in [0.15, 0.2) is 10.9 Å².